The largest absolute Gasteiger partial charge is 0.493 e. The summed E-state index contributed by atoms with van der Waals surface area (Å²) in [5.74, 6) is 1.66. The van der Waals surface area contributed by atoms with Gasteiger partial charge in [0.2, 0.25) is 5.91 Å². The maximum atomic E-state index is 12.5. The van der Waals surface area contributed by atoms with Crippen LogP contribution >= 0.6 is 23.4 Å². The van der Waals surface area contributed by atoms with E-state index in [1.54, 1.807) is 0 Å². The van der Waals surface area contributed by atoms with Crippen molar-refractivity contribution >= 4 is 29.3 Å². The molecule has 2 aliphatic heterocycles. The van der Waals surface area contributed by atoms with Gasteiger partial charge in [-0.15, -0.1) is 11.8 Å². The molecule has 0 N–H and O–H groups in total. The molecule has 142 valence electrons. The lowest BCUT2D eigenvalue weighted by Crippen LogP contribution is -2.48. The van der Waals surface area contributed by atoms with E-state index in [1.165, 1.54) is 22.9 Å². The molecule has 1 saturated heterocycles. The van der Waals surface area contributed by atoms with Crippen LogP contribution in [0.4, 0.5) is 0 Å². The molecular formula is C21H23ClN2O2S. The summed E-state index contributed by atoms with van der Waals surface area (Å²) in [7, 11) is 0. The van der Waals surface area contributed by atoms with Gasteiger partial charge in [-0.2, -0.15) is 0 Å². The van der Waals surface area contributed by atoms with Crippen molar-refractivity contribution in [3.05, 3.63) is 58.6 Å². The molecule has 0 saturated carbocycles. The Morgan fingerprint density at radius 2 is 1.93 bits per heavy atom. The lowest BCUT2D eigenvalue weighted by atomic mass is 10.1. The number of rotatable bonds is 5. The van der Waals surface area contributed by atoms with E-state index in [9.17, 15) is 4.79 Å². The lowest BCUT2D eigenvalue weighted by molar-refractivity contribution is -0.130. The van der Waals surface area contributed by atoms with Crippen molar-refractivity contribution in [1.82, 2.24) is 9.80 Å². The third kappa shape index (κ3) is 4.60. The van der Waals surface area contributed by atoms with Gasteiger partial charge < -0.3 is 9.64 Å². The Morgan fingerprint density at radius 3 is 2.74 bits per heavy atom. The average molecular weight is 403 g/mol. The minimum atomic E-state index is 0.189. The molecule has 2 aromatic rings. The molecule has 27 heavy (non-hydrogen) atoms. The molecule has 0 aromatic heterocycles. The number of halogens is 1. The van der Waals surface area contributed by atoms with Crippen LogP contribution in [0.1, 0.15) is 11.1 Å². The van der Waals surface area contributed by atoms with E-state index < -0.39 is 0 Å². The fourth-order valence-corrected chi connectivity index (χ4v) is 4.69. The third-order valence-corrected chi connectivity index (χ3v) is 6.57. The maximum Gasteiger partial charge on any atom is 0.233 e. The molecular weight excluding hydrogens is 380 g/mol. The van der Waals surface area contributed by atoms with E-state index in [0.29, 0.717) is 10.8 Å². The van der Waals surface area contributed by atoms with Crippen molar-refractivity contribution in [2.75, 3.05) is 38.5 Å². The SMILES string of the molecule is O=C(CSc1ccccc1Cl)N1CCN(Cc2ccc3c(c2)CCO3)CC1. The molecule has 0 bridgehead atoms. The number of benzene rings is 2. The summed E-state index contributed by atoms with van der Waals surface area (Å²) in [5.41, 5.74) is 2.64. The Bertz CT molecular complexity index is 822. The fourth-order valence-electron chi connectivity index (χ4n) is 3.54. The minimum absolute atomic E-state index is 0.189. The summed E-state index contributed by atoms with van der Waals surface area (Å²) in [5, 5.41) is 0.708. The predicted octanol–water partition coefficient (Wildman–Crippen LogP) is 3.71. The molecule has 1 amide bonds. The molecule has 2 aliphatic rings. The van der Waals surface area contributed by atoms with E-state index in [4.69, 9.17) is 16.3 Å². The van der Waals surface area contributed by atoms with Gasteiger partial charge in [0.05, 0.1) is 17.4 Å². The zero-order chi connectivity index (χ0) is 18.6. The first kappa shape index (κ1) is 18.7. The van der Waals surface area contributed by atoms with Crippen LogP contribution < -0.4 is 4.74 Å². The molecule has 0 atom stereocenters. The smallest absolute Gasteiger partial charge is 0.233 e. The van der Waals surface area contributed by atoms with Crippen molar-refractivity contribution in [1.29, 1.82) is 0 Å². The highest BCUT2D eigenvalue weighted by Gasteiger charge is 2.22. The minimum Gasteiger partial charge on any atom is -0.493 e. The van der Waals surface area contributed by atoms with Gasteiger partial charge >= 0.3 is 0 Å². The zero-order valence-electron chi connectivity index (χ0n) is 15.2. The van der Waals surface area contributed by atoms with Crippen molar-refractivity contribution in [3.8, 4) is 5.75 Å². The van der Waals surface area contributed by atoms with Crippen LogP contribution in [0.3, 0.4) is 0 Å². The summed E-state index contributed by atoms with van der Waals surface area (Å²) >= 11 is 7.68. The number of fused-ring (bicyclic) bond motifs is 1. The topological polar surface area (TPSA) is 32.8 Å². The molecule has 6 heteroatoms. The Kier molecular flexibility index (Phi) is 5.91. The average Bonchev–Trinajstić information content (AvgIpc) is 3.15. The van der Waals surface area contributed by atoms with Crippen molar-refractivity contribution in [2.24, 2.45) is 0 Å². The lowest BCUT2D eigenvalue weighted by Gasteiger charge is -2.34. The van der Waals surface area contributed by atoms with Gasteiger partial charge in [0, 0.05) is 44.0 Å². The normalized spacial score (nSPS) is 16.9. The van der Waals surface area contributed by atoms with Crippen LogP contribution in [0.15, 0.2) is 47.4 Å². The number of amides is 1. The van der Waals surface area contributed by atoms with E-state index >= 15 is 0 Å². The molecule has 0 radical (unpaired) electrons. The summed E-state index contributed by atoms with van der Waals surface area (Å²) in [6.07, 6.45) is 1.01. The first-order valence-corrected chi connectivity index (χ1v) is 10.7. The van der Waals surface area contributed by atoms with Gasteiger partial charge in [-0.1, -0.05) is 35.9 Å². The second-order valence-electron chi connectivity index (χ2n) is 6.92. The van der Waals surface area contributed by atoms with Crippen LogP contribution in [0, 0.1) is 0 Å². The van der Waals surface area contributed by atoms with Crippen molar-refractivity contribution in [3.63, 3.8) is 0 Å². The molecule has 0 aliphatic carbocycles. The summed E-state index contributed by atoms with van der Waals surface area (Å²) < 4.78 is 5.58. The molecule has 0 spiro atoms. The number of thioether (sulfide) groups is 1. The number of carbonyl (C=O) groups is 1. The van der Waals surface area contributed by atoms with Crippen LogP contribution in [-0.2, 0) is 17.8 Å². The Hall–Kier alpha value is -1.69. The predicted molar refractivity (Wildman–Crippen MR) is 110 cm³/mol. The van der Waals surface area contributed by atoms with E-state index in [1.807, 2.05) is 29.2 Å². The second-order valence-corrected chi connectivity index (χ2v) is 8.34. The third-order valence-electron chi connectivity index (χ3n) is 5.07. The maximum absolute atomic E-state index is 12.5. The number of piperazine rings is 1. The van der Waals surface area contributed by atoms with E-state index in [2.05, 4.69) is 23.1 Å². The number of hydrogen-bond acceptors (Lipinski definition) is 4. The van der Waals surface area contributed by atoms with Crippen LogP contribution in [-0.4, -0.2) is 54.2 Å². The molecule has 4 nitrogen and oxygen atoms in total. The van der Waals surface area contributed by atoms with Gasteiger partial charge in [-0.3, -0.25) is 9.69 Å². The number of ether oxygens (including phenoxy) is 1. The fraction of sp³-hybridized carbons (Fsp3) is 0.381. The molecule has 1 fully saturated rings. The van der Waals surface area contributed by atoms with E-state index in [0.717, 1.165) is 56.4 Å². The highest BCUT2D eigenvalue weighted by Crippen LogP contribution is 2.28. The molecule has 2 aromatic carbocycles. The molecule has 0 unspecified atom stereocenters. The van der Waals surface area contributed by atoms with Gasteiger partial charge in [-0.05, 0) is 29.3 Å². The first-order chi connectivity index (χ1) is 13.2. The Labute approximate surface area is 169 Å². The van der Waals surface area contributed by atoms with E-state index in [-0.39, 0.29) is 5.91 Å². The van der Waals surface area contributed by atoms with Crippen LogP contribution in [0.2, 0.25) is 5.02 Å². The Morgan fingerprint density at radius 1 is 1.11 bits per heavy atom. The standard InChI is InChI=1S/C21H23ClN2O2S/c22-18-3-1-2-4-20(18)27-15-21(25)24-10-8-23(9-11-24)14-16-5-6-19-17(13-16)7-12-26-19/h1-6,13H,7-12,14-15H2. The number of carbonyl (C=O) groups excluding carboxylic acids is 1. The Balaban J connectivity index is 1.25. The van der Waals surface area contributed by atoms with Gasteiger partial charge in [-0.25, -0.2) is 0 Å². The first-order valence-electron chi connectivity index (χ1n) is 9.31. The number of hydrogen-bond donors (Lipinski definition) is 0. The summed E-state index contributed by atoms with van der Waals surface area (Å²) in [6, 6.07) is 14.2. The van der Waals surface area contributed by atoms with Crippen molar-refractivity contribution < 1.29 is 9.53 Å². The highest BCUT2D eigenvalue weighted by molar-refractivity contribution is 8.00. The quantitative estimate of drug-likeness (QED) is 0.714. The van der Waals surface area contributed by atoms with Crippen molar-refractivity contribution in [2.45, 2.75) is 17.9 Å². The van der Waals surface area contributed by atoms with Gasteiger partial charge in [0.1, 0.15) is 5.75 Å². The second kappa shape index (κ2) is 8.55. The number of nitrogens with zero attached hydrogens (tertiary/aromatic N) is 2. The summed E-state index contributed by atoms with van der Waals surface area (Å²) in [6.45, 7) is 5.13. The van der Waals surface area contributed by atoms with Crippen LogP contribution in [0.25, 0.3) is 0 Å². The molecule has 4 rings (SSSR count). The zero-order valence-corrected chi connectivity index (χ0v) is 16.8. The van der Waals surface area contributed by atoms with Gasteiger partial charge in [0.15, 0.2) is 0 Å². The van der Waals surface area contributed by atoms with Crippen LogP contribution in [0.5, 0.6) is 5.75 Å². The van der Waals surface area contributed by atoms with Gasteiger partial charge in [0.25, 0.3) is 0 Å². The summed E-state index contributed by atoms with van der Waals surface area (Å²) in [4.78, 5) is 17.9. The monoisotopic (exact) mass is 402 g/mol. The highest BCUT2D eigenvalue weighted by atomic mass is 35.5. The molecule has 2 heterocycles.